The van der Waals surface area contributed by atoms with Gasteiger partial charge in [0.25, 0.3) is 0 Å². The van der Waals surface area contributed by atoms with Gasteiger partial charge in [0.1, 0.15) is 0 Å². The lowest BCUT2D eigenvalue weighted by atomic mass is 10.2. The van der Waals surface area contributed by atoms with Crippen LogP contribution < -0.4 is 11.1 Å². The summed E-state index contributed by atoms with van der Waals surface area (Å²) in [7, 11) is 0. The summed E-state index contributed by atoms with van der Waals surface area (Å²) in [6.45, 7) is 3.01. The Morgan fingerprint density at radius 3 is 2.95 bits per heavy atom. The fourth-order valence-electron chi connectivity index (χ4n) is 2.03. The third-order valence-electron chi connectivity index (χ3n) is 3.01. The second-order valence-electron chi connectivity index (χ2n) is 4.62. The summed E-state index contributed by atoms with van der Waals surface area (Å²) in [6, 6.07) is 4.09. The molecule has 0 aliphatic rings. The molecule has 0 radical (unpaired) electrons. The highest BCUT2D eigenvalue weighted by Crippen LogP contribution is 2.29. The van der Waals surface area contributed by atoms with Crippen molar-refractivity contribution in [3.05, 3.63) is 17.1 Å². The van der Waals surface area contributed by atoms with Crippen LogP contribution >= 0.6 is 23.1 Å². The fraction of sp³-hybridized carbons (Fsp3) is 0.500. The van der Waals surface area contributed by atoms with Gasteiger partial charge in [0, 0.05) is 6.54 Å². The largest absolute Gasteiger partial charge is 0.397 e. The van der Waals surface area contributed by atoms with Gasteiger partial charge in [0.05, 0.1) is 26.6 Å². The van der Waals surface area contributed by atoms with E-state index in [1.807, 2.05) is 24.8 Å². The molecule has 5 heteroatoms. The van der Waals surface area contributed by atoms with Crippen LogP contribution in [0.4, 0.5) is 11.4 Å². The van der Waals surface area contributed by atoms with Crippen LogP contribution in [-0.4, -0.2) is 23.5 Å². The molecule has 1 aromatic heterocycles. The SMILES string of the molecule is CSCCCCCNc1cc2nc(C)sc2cc1N. The second-order valence-corrected chi connectivity index (χ2v) is 6.84. The molecule has 0 amide bonds. The normalized spacial score (nSPS) is 11.1. The van der Waals surface area contributed by atoms with Gasteiger partial charge in [-0.3, -0.25) is 0 Å². The summed E-state index contributed by atoms with van der Waals surface area (Å²) in [4.78, 5) is 4.50. The van der Waals surface area contributed by atoms with Crippen LogP contribution in [0.25, 0.3) is 10.2 Å². The maximum atomic E-state index is 6.07. The third-order valence-corrected chi connectivity index (χ3v) is 4.64. The molecule has 2 aromatic rings. The van der Waals surface area contributed by atoms with E-state index in [-0.39, 0.29) is 0 Å². The predicted octanol–water partition coefficient (Wildman–Crippen LogP) is 4.13. The molecule has 2 rings (SSSR count). The van der Waals surface area contributed by atoms with Crippen molar-refractivity contribution in [2.24, 2.45) is 0 Å². The molecular weight excluding hydrogens is 274 g/mol. The molecule has 0 saturated carbocycles. The summed E-state index contributed by atoms with van der Waals surface area (Å²) in [5.41, 5.74) is 8.95. The maximum Gasteiger partial charge on any atom is 0.0907 e. The average Bonchev–Trinajstić information content (AvgIpc) is 2.72. The van der Waals surface area contributed by atoms with Crippen molar-refractivity contribution < 1.29 is 0 Å². The topological polar surface area (TPSA) is 50.9 Å². The lowest BCUT2D eigenvalue weighted by molar-refractivity contribution is 0.750. The van der Waals surface area contributed by atoms with Gasteiger partial charge in [-0.25, -0.2) is 4.98 Å². The first-order valence-corrected chi connectivity index (χ1v) is 8.81. The van der Waals surface area contributed by atoms with E-state index in [9.17, 15) is 0 Å². The zero-order chi connectivity index (χ0) is 13.7. The van der Waals surface area contributed by atoms with Gasteiger partial charge in [-0.05, 0) is 43.9 Å². The number of unbranched alkanes of at least 4 members (excludes halogenated alkanes) is 2. The number of hydrogen-bond donors (Lipinski definition) is 2. The minimum Gasteiger partial charge on any atom is -0.397 e. The van der Waals surface area contributed by atoms with Gasteiger partial charge in [0.15, 0.2) is 0 Å². The minimum atomic E-state index is 0.820. The van der Waals surface area contributed by atoms with Crippen LogP contribution in [0.15, 0.2) is 12.1 Å². The smallest absolute Gasteiger partial charge is 0.0907 e. The highest BCUT2D eigenvalue weighted by Gasteiger charge is 2.05. The molecule has 1 heterocycles. The number of aromatic nitrogens is 1. The minimum absolute atomic E-state index is 0.820. The van der Waals surface area contributed by atoms with Crippen molar-refractivity contribution >= 4 is 44.7 Å². The maximum absolute atomic E-state index is 6.07. The number of benzene rings is 1. The first-order chi connectivity index (χ1) is 9.20. The summed E-state index contributed by atoms with van der Waals surface area (Å²) in [5, 5.41) is 4.51. The van der Waals surface area contributed by atoms with Gasteiger partial charge in [-0.15, -0.1) is 11.3 Å². The summed E-state index contributed by atoms with van der Waals surface area (Å²) < 4.78 is 1.17. The number of thiazole rings is 1. The molecular formula is C14H21N3S2. The molecule has 0 saturated heterocycles. The molecule has 3 N–H and O–H groups in total. The third kappa shape index (κ3) is 4.01. The lowest BCUT2D eigenvalue weighted by Crippen LogP contribution is -2.04. The van der Waals surface area contributed by atoms with Gasteiger partial charge in [0.2, 0.25) is 0 Å². The van der Waals surface area contributed by atoms with Crippen molar-refractivity contribution in [1.82, 2.24) is 4.98 Å². The molecule has 0 unspecified atom stereocenters. The number of nitrogens with zero attached hydrogens (tertiary/aromatic N) is 1. The lowest BCUT2D eigenvalue weighted by Gasteiger charge is -2.09. The van der Waals surface area contributed by atoms with Crippen LogP contribution in [0.2, 0.25) is 0 Å². The van der Waals surface area contributed by atoms with Crippen molar-refractivity contribution in [1.29, 1.82) is 0 Å². The van der Waals surface area contributed by atoms with Crippen LogP contribution in [0.3, 0.4) is 0 Å². The Kier molecular flexibility index (Phi) is 5.34. The molecule has 1 aromatic carbocycles. The van der Waals surface area contributed by atoms with Crippen LogP contribution in [0.1, 0.15) is 24.3 Å². The van der Waals surface area contributed by atoms with E-state index in [0.29, 0.717) is 0 Å². The molecule has 104 valence electrons. The standard InChI is InChI=1S/C14H21N3S2/c1-10-17-13-9-12(11(15)8-14(13)19-10)16-6-4-3-5-7-18-2/h8-9,16H,3-7,15H2,1-2H3. The number of aryl methyl sites for hydroxylation is 1. The van der Waals surface area contributed by atoms with Crippen LogP contribution in [0.5, 0.6) is 0 Å². The van der Waals surface area contributed by atoms with Crippen molar-refractivity contribution in [2.75, 3.05) is 29.6 Å². The Hall–Kier alpha value is -0.940. The number of fused-ring (bicyclic) bond motifs is 1. The number of hydrogen-bond acceptors (Lipinski definition) is 5. The van der Waals surface area contributed by atoms with E-state index in [1.165, 1.54) is 29.7 Å². The van der Waals surface area contributed by atoms with Gasteiger partial charge in [-0.1, -0.05) is 6.42 Å². The van der Waals surface area contributed by atoms with Gasteiger partial charge in [-0.2, -0.15) is 11.8 Å². The van der Waals surface area contributed by atoms with Crippen molar-refractivity contribution in [2.45, 2.75) is 26.2 Å². The number of nitrogen functional groups attached to an aromatic ring is 1. The van der Waals surface area contributed by atoms with Gasteiger partial charge < -0.3 is 11.1 Å². The van der Waals surface area contributed by atoms with E-state index >= 15 is 0 Å². The number of nitrogens with one attached hydrogen (secondary N) is 1. The Morgan fingerprint density at radius 1 is 1.32 bits per heavy atom. The van der Waals surface area contributed by atoms with E-state index in [4.69, 9.17) is 5.73 Å². The molecule has 0 spiro atoms. The van der Waals surface area contributed by atoms with E-state index in [0.717, 1.165) is 28.4 Å². The zero-order valence-corrected chi connectivity index (χ0v) is 13.2. The van der Waals surface area contributed by atoms with Crippen molar-refractivity contribution in [3.8, 4) is 0 Å². The Morgan fingerprint density at radius 2 is 2.16 bits per heavy atom. The molecule has 0 atom stereocenters. The zero-order valence-electron chi connectivity index (χ0n) is 11.5. The predicted molar refractivity (Wildman–Crippen MR) is 89.5 cm³/mol. The first kappa shape index (κ1) is 14.5. The van der Waals surface area contributed by atoms with E-state index in [1.54, 1.807) is 11.3 Å². The fourth-order valence-corrected chi connectivity index (χ4v) is 3.38. The number of thioether (sulfide) groups is 1. The van der Waals surface area contributed by atoms with Crippen LogP contribution in [0, 0.1) is 6.92 Å². The summed E-state index contributed by atoms with van der Waals surface area (Å²) >= 11 is 3.61. The highest BCUT2D eigenvalue weighted by molar-refractivity contribution is 7.98. The summed E-state index contributed by atoms with van der Waals surface area (Å²) in [5.74, 6) is 1.26. The molecule has 0 fully saturated rings. The van der Waals surface area contributed by atoms with E-state index in [2.05, 4.69) is 22.6 Å². The van der Waals surface area contributed by atoms with Gasteiger partial charge >= 0.3 is 0 Å². The first-order valence-electron chi connectivity index (χ1n) is 6.60. The number of rotatable bonds is 7. The number of anilines is 2. The molecule has 19 heavy (non-hydrogen) atoms. The van der Waals surface area contributed by atoms with Crippen molar-refractivity contribution in [3.63, 3.8) is 0 Å². The Balaban J connectivity index is 1.91. The average molecular weight is 295 g/mol. The molecule has 0 aliphatic heterocycles. The second kappa shape index (κ2) is 7.01. The molecule has 0 bridgehead atoms. The van der Waals surface area contributed by atoms with E-state index < -0.39 is 0 Å². The summed E-state index contributed by atoms with van der Waals surface area (Å²) in [6.07, 6.45) is 5.91. The molecule has 3 nitrogen and oxygen atoms in total. The quantitative estimate of drug-likeness (QED) is 0.595. The van der Waals surface area contributed by atoms with Crippen LogP contribution in [-0.2, 0) is 0 Å². The Bertz CT molecular complexity index is 537. The number of nitrogens with two attached hydrogens (primary N) is 1. The highest BCUT2D eigenvalue weighted by atomic mass is 32.2. The molecule has 0 aliphatic carbocycles. The Labute approximate surface area is 123 Å². The monoisotopic (exact) mass is 295 g/mol.